The summed E-state index contributed by atoms with van der Waals surface area (Å²) < 4.78 is 0. The molecule has 1 atom stereocenters. The SMILES string of the molecule is CC(CC(C)C(=O)C=[N+]=[N-])=C(c1ccccc1)c1ccccc1. The van der Waals surface area contributed by atoms with Gasteiger partial charge in [-0.1, -0.05) is 73.2 Å². The number of hydrogen-bond acceptors (Lipinski definition) is 1. The summed E-state index contributed by atoms with van der Waals surface area (Å²) in [5.41, 5.74) is 13.1. The first-order chi connectivity index (χ1) is 11.1. The average molecular weight is 304 g/mol. The molecule has 0 spiro atoms. The van der Waals surface area contributed by atoms with Gasteiger partial charge in [0.15, 0.2) is 0 Å². The van der Waals surface area contributed by atoms with Crippen molar-refractivity contribution in [3.05, 3.63) is 82.9 Å². The minimum Gasteiger partial charge on any atom is -0.361 e. The van der Waals surface area contributed by atoms with Crippen LogP contribution in [0, 0.1) is 5.92 Å². The summed E-state index contributed by atoms with van der Waals surface area (Å²) in [4.78, 5) is 14.7. The third kappa shape index (κ3) is 4.35. The van der Waals surface area contributed by atoms with E-state index in [1.54, 1.807) is 0 Å². The van der Waals surface area contributed by atoms with Gasteiger partial charge in [-0.2, -0.15) is 4.79 Å². The second-order valence-corrected chi connectivity index (χ2v) is 5.64. The zero-order valence-corrected chi connectivity index (χ0v) is 13.4. The molecule has 0 saturated carbocycles. The lowest BCUT2D eigenvalue weighted by Gasteiger charge is -2.15. The Morgan fingerprint density at radius 3 is 1.96 bits per heavy atom. The lowest BCUT2D eigenvalue weighted by atomic mass is 9.88. The first-order valence-corrected chi connectivity index (χ1v) is 7.65. The van der Waals surface area contributed by atoms with Crippen LogP contribution in [-0.4, -0.2) is 16.8 Å². The molecule has 116 valence electrons. The summed E-state index contributed by atoms with van der Waals surface area (Å²) in [6.45, 7) is 3.90. The van der Waals surface area contributed by atoms with Gasteiger partial charge in [-0.3, -0.25) is 4.79 Å². The van der Waals surface area contributed by atoms with Crippen molar-refractivity contribution in [2.24, 2.45) is 5.92 Å². The van der Waals surface area contributed by atoms with E-state index < -0.39 is 0 Å². The number of rotatable bonds is 6. The molecule has 1 unspecified atom stereocenters. The Balaban J connectivity index is 2.44. The van der Waals surface area contributed by atoms with Gasteiger partial charge in [-0.15, -0.1) is 0 Å². The first-order valence-electron chi connectivity index (χ1n) is 7.65. The fourth-order valence-electron chi connectivity index (χ4n) is 2.72. The topological polar surface area (TPSA) is 53.5 Å². The molecule has 2 aromatic carbocycles. The Bertz CT molecular complexity index is 700. The third-order valence-electron chi connectivity index (χ3n) is 3.83. The number of benzene rings is 2. The van der Waals surface area contributed by atoms with E-state index in [0.29, 0.717) is 6.42 Å². The molecule has 0 amide bonds. The van der Waals surface area contributed by atoms with E-state index in [1.807, 2.05) is 43.3 Å². The molecular weight excluding hydrogens is 284 g/mol. The van der Waals surface area contributed by atoms with Gasteiger partial charge in [0.25, 0.3) is 0 Å². The number of nitrogens with zero attached hydrogens (tertiary/aromatic N) is 2. The van der Waals surface area contributed by atoms with Crippen LogP contribution in [0.5, 0.6) is 0 Å². The van der Waals surface area contributed by atoms with Crippen molar-refractivity contribution in [1.82, 2.24) is 0 Å². The van der Waals surface area contributed by atoms with Crippen LogP contribution >= 0.6 is 0 Å². The van der Waals surface area contributed by atoms with Gasteiger partial charge in [0, 0.05) is 5.92 Å². The summed E-state index contributed by atoms with van der Waals surface area (Å²) in [5.74, 6) is -0.402. The van der Waals surface area contributed by atoms with Crippen molar-refractivity contribution in [2.45, 2.75) is 20.3 Å². The smallest absolute Gasteiger partial charge is 0.323 e. The molecule has 0 radical (unpaired) electrons. The van der Waals surface area contributed by atoms with Gasteiger partial charge in [0.2, 0.25) is 5.78 Å². The van der Waals surface area contributed by atoms with Crippen LogP contribution in [0.1, 0.15) is 31.4 Å². The van der Waals surface area contributed by atoms with E-state index in [0.717, 1.165) is 28.5 Å². The van der Waals surface area contributed by atoms with E-state index in [2.05, 4.69) is 36.0 Å². The lowest BCUT2D eigenvalue weighted by molar-refractivity contribution is -0.119. The highest BCUT2D eigenvalue weighted by atomic mass is 16.1. The fourth-order valence-corrected chi connectivity index (χ4v) is 2.72. The number of hydrogen-bond donors (Lipinski definition) is 0. The van der Waals surface area contributed by atoms with E-state index in [4.69, 9.17) is 5.53 Å². The van der Waals surface area contributed by atoms with Crippen molar-refractivity contribution in [3.8, 4) is 0 Å². The normalized spacial score (nSPS) is 11.2. The minimum absolute atomic E-state index is 0.174. The maximum absolute atomic E-state index is 11.8. The van der Waals surface area contributed by atoms with Crippen LogP contribution in [0.25, 0.3) is 11.1 Å². The fraction of sp³-hybridized carbons (Fsp3) is 0.200. The van der Waals surface area contributed by atoms with Crippen LogP contribution in [0.2, 0.25) is 0 Å². The van der Waals surface area contributed by atoms with Crippen LogP contribution in [0.15, 0.2) is 66.2 Å². The predicted octanol–water partition coefficient (Wildman–Crippen LogP) is 4.40. The van der Waals surface area contributed by atoms with Crippen molar-refractivity contribution in [1.29, 1.82) is 0 Å². The Morgan fingerprint density at radius 1 is 1.04 bits per heavy atom. The summed E-state index contributed by atoms with van der Waals surface area (Å²) in [6, 6.07) is 20.3. The van der Waals surface area contributed by atoms with E-state index in [1.165, 1.54) is 0 Å². The Morgan fingerprint density at radius 2 is 1.52 bits per heavy atom. The zero-order valence-electron chi connectivity index (χ0n) is 13.4. The number of carbonyl (C=O) groups excluding carboxylic acids is 1. The van der Waals surface area contributed by atoms with Crippen LogP contribution < -0.4 is 0 Å². The van der Waals surface area contributed by atoms with Crippen LogP contribution in [0.3, 0.4) is 0 Å². The van der Waals surface area contributed by atoms with Gasteiger partial charge in [-0.25, -0.2) is 0 Å². The highest BCUT2D eigenvalue weighted by molar-refractivity contribution is 6.26. The standard InChI is InChI=1S/C20H20N2O/c1-15(19(23)14-22-21)13-16(2)20(17-9-5-3-6-10-17)18-11-7-4-8-12-18/h3-12,14-15H,13H2,1-2H3. The molecule has 0 aromatic heterocycles. The summed E-state index contributed by atoms with van der Waals surface area (Å²) >= 11 is 0. The maximum Gasteiger partial charge on any atom is 0.323 e. The monoisotopic (exact) mass is 304 g/mol. The second kappa shape index (κ2) is 8.02. The quantitative estimate of drug-likeness (QED) is 0.443. The highest BCUT2D eigenvalue weighted by Crippen LogP contribution is 2.29. The molecule has 0 heterocycles. The molecule has 0 bridgehead atoms. The molecule has 0 saturated heterocycles. The molecule has 0 aliphatic rings. The molecule has 0 aliphatic heterocycles. The molecular formula is C20H20N2O. The van der Waals surface area contributed by atoms with Crippen LogP contribution in [0.4, 0.5) is 0 Å². The Kier molecular flexibility index (Phi) is 5.79. The second-order valence-electron chi connectivity index (χ2n) is 5.64. The Labute approximate surface area is 136 Å². The highest BCUT2D eigenvalue weighted by Gasteiger charge is 2.17. The van der Waals surface area contributed by atoms with Crippen molar-refractivity contribution in [3.63, 3.8) is 0 Å². The molecule has 0 fully saturated rings. The Hall–Kier alpha value is -2.77. The van der Waals surface area contributed by atoms with E-state index in [9.17, 15) is 4.79 Å². The molecule has 23 heavy (non-hydrogen) atoms. The molecule has 2 aromatic rings. The number of Topliss-reactive ketones (excluding diaryl/α,β-unsaturated/α-hetero) is 1. The van der Waals surface area contributed by atoms with E-state index in [-0.39, 0.29) is 11.7 Å². The molecule has 0 N–H and O–H groups in total. The summed E-state index contributed by atoms with van der Waals surface area (Å²) in [6.07, 6.45) is 1.59. The van der Waals surface area contributed by atoms with Crippen molar-refractivity contribution < 1.29 is 9.58 Å². The van der Waals surface area contributed by atoms with Crippen molar-refractivity contribution >= 4 is 17.6 Å². The maximum atomic E-state index is 11.8. The summed E-state index contributed by atoms with van der Waals surface area (Å²) in [5, 5.41) is 0. The predicted molar refractivity (Wildman–Crippen MR) is 93.1 cm³/mol. The van der Waals surface area contributed by atoms with Crippen molar-refractivity contribution in [2.75, 3.05) is 0 Å². The average Bonchev–Trinajstić information content (AvgIpc) is 2.57. The van der Waals surface area contributed by atoms with Gasteiger partial charge in [-0.05, 0) is 30.0 Å². The molecule has 0 aliphatic carbocycles. The van der Waals surface area contributed by atoms with Gasteiger partial charge < -0.3 is 5.53 Å². The number of carbonyl (C=O) groups is 1. The molecule has 3 heteroatoms. The van der Waals surface area contributed by atoms with Crippen LogP contribution in [-0.2, 0) is 4.79 Å². The molecule has 3 nitrogen and oxygen atoms in total. The summed E-state index contributed by atoms with van der Waals surface area (Å²) in [7, 11) is 0. The van der Waals surface area contributed by atoms with Gasteiger partial charge in [0.05, 0.1) is 0 Å². The van der Waals surface area contributed by atoms with E-state index >= 15 is 0 Å². The number of ketones is 1. The van der Waals surface area contributed by atoms with Gasteiger partial charge in [0.1, 0.15) is 0 Å². The van der Waals surface area contributed by atoms with Gasteiger partial charge >= 0.3 is 6.21 Å². The lowest BCUT2D eigenvalue weighted by Crippen LogP contribution is -2.13. The first kappa shape index (κ1) is 16.6. The number of allylic oxidation sites excluding steroid dienone is 1. The zero-order chi connectivity index (χ0) is 16.7. The largest absolute Gasteiger partial charge is 0.361 e. The minimum atomic E-state index is -0.228. The molecule has 2 rings (SSSR count). The third-order valence-corrected chi connectivity index (χ3v) is 3.83.